The highest BCUT2D eigenvalue weighted by molar-refractivity contribution is 6.33. The summed E-state index contributed by atoms with van der Waals surface area (Å²) in [6, 6.07) is 1.25. The van der Waals surface area contributed by atoms with Gasteiger partial charge in [-0.15, -0.1) is 0 Å². The lowest BCUT2D eigenvalue weighted by molar-refractivity contribution is -0.120. The average Bonchev–Trinajstić information content (AvgIpc) is 2.54. The van der Waals surface area contributed by atoms with Crippen LogP contribution >= 0.6 is 0 Å². The molecule has 0 saturated heterocycles. The number of aromatic carboxylic acids is 1. The smallest absolute Gasteiger partial charge is 0.337 e. The molecule has 6 heteroatoms. The van der Waals surface area contributed by atoms with Gasteiger partial charge in [0.15, 0.2) is 0 Å². The van der Waals surface area contributed by atoms with Crippen LogP contribution in [0.1, 0.15) is 24.2 Å². The van der Waals surface area contributed by atoms with Gasteiger partial charge in [-0.1, -0.05) is 0 Å². The molecule has 2 heterocycles. The van der Waals surface area contributed by atoms with Crippen LogP contribution in [-0.4, -0.2) is 27.9 Å². The molecule has 2 amide bonds. The van der Waals surface area contributed by atoms with E-state index in [4.69, 9.17) is 5.11 Å². The number of aromatic nitrogens is 1. The fraction of sp³-hybridized carbons (Fsp3) is 0.167. The number of pyridine rings is 1. The average molecular weight is 246 g/mol. The van der Waals surface area contributed by atoms with Gasteiger partial charge in [0.05, 0.1) is 17.4 Å². The van der Waals surface area contributed by atoms with Crippen LogP contribution in [0.2, 0.25) is 0 Å². The van der Waals surface area contributed by atoms with E-state index in [0.29, 0.717) is 11.1 Å². The van der Waals surface area contributed by atoms with Gasteiger partial charge in [-0.05, 0) is 19.9 Å². The summed E-state index contributed by atoms with van der Waals surface area (Å²) in [5.41, 5.74) is 0.505. The Hall–Kier alpha value is -2.50. The van der Waals surface area contributed by atoms with Crippen molar-refractivity contribution in [3.8, 4) is 0 Å². The molecule has 1 aliphatic rings. The number of hydrogen-bond donors (Lipinski definition) is 1. The van der Waals surface area contributed by atoms with E-state index in [2.05, 4.69) is 4.98 Å². The number of imide groups is 1. The van der Waals surface area contributed by atoms with Crippen molar-refractivity contribution in [3.63, 3.8) is 0 Å². The summed E-state index contributed by atoms with van der Waals surface area (Å²) >= 11 is 0. The maximum Gasteiger partial charge on any atom is 0.337 e. The maximum absolute atomic E-state index is 11.9. The van der Waals surface area contributed by atoms with E-state index < -0.39 is 17.8 Å². The van der Waals surface area contributed by atoms with Crippen LogP contribution in [0.15, 0.2) is 29.6 Å². The number of carboxylic acid groups (broad SMARTS) is 1. The van der Waals surface area contributed by atoms with Crippen LogP contribution in [0, 0.1) is 0 Å². The molecule has 1 N–H and O–H groups in total. The SMILES string of the molecule is CC1=C(C)C(=O)N(c2cnccc2C(=O)O)C1=O. The number of carbonyl (C=O) groups excluding carboxylic acids is 2. The largest absolute Gasteiger partial charge is 0.478 e. The van der Waals surface area contributed by atoms with Crippen molar-refractivity contribution >= 4 is 23.5 Å². The molecule has 1 aliphatic heterocycles. The van der Waals surface area contributed by atoms with Gasteiger partial charge in [-0.3, -0.25) is 14.6 Å². The topological polar surface area (TPSA) is 87.6 Å². The molecule has 0 aliphatic carbocycles. The summed E-state index contributed by atoms with van der Waals surface area (Å²) in [6.45, 7) is 3.07. The molecule has 0 saturated carbocycles. The van der Waals surface area contributed by atoms with Gasteiger partial charge in [-0.25, -0.2) is 9.69 Å². The summed E-state index contributed by atoms with van der Waals surface area (Å²) in [5, 5.41) is 9.04. The first-order chi connectivity index (χ1) is 8.45. The van der Waals surface area contributed by atoms with Crippen molar-refractivity contribution in [2.75, 3.05) is 4.90 Å². The zero-order chi connectivity index (χ0) is 13.4. The number of rotatable bonds is 2. The molecule has 0 fully saturated rings. The van der Waals surface area contributed by atoms with Gasteiger partial charge in [0.25, 0.3) is 11.8 Å². The Kier molecular flexibility index (Phi) is 2.70. The summed E-state index contributed by atoms with van der Waals surface area (Å²) in [4.78, 5) is 39.5. The first-order valence-corrected chi connectivity index (χ1v) is 5.18. The predicted molar refractivity (Wildman–Crippen MR) is 62.1 cm³/mol. The Morgan fingerprint density at radius 2 is 1.78 bits per heavy atom. The fourth-order valence-electron chi connectivity index (χ4n) is 1.71. The quantitative estimate of drug-likeness (QED) is 0.786. The zero-order valence-electron chi connectivity index (χ0n) is 9.80. The molecular weight excluding hydrogens is 236 g/mol. The van der Waals surface area contributed by atoms with Crippen LogP contribution in [0.5, 0.6) is 0 Å². The highest BCUT2D eigenvalue weighted by Crippen LogP contribution is 2.28. The molecule has 92 valence electrons. The number of amides is 2. The normalized spacial score (nSPS) is 15.6. The number of nitrogens with zero attached hydrogens (tertiary/aromatic N) is 2. The Morgan fingerprint density at radius 1 is 1.22 bits per heavy atom. The Morgan fingerprint density at radius 3 is 2.28 bits per heavy atom. The standard InChI is InChI=1S/C12H10N2O4/c1-6-7(2)11(16)14(10(6)15)9-5-13-4-3-8(9)12(17)18/h3-5H,1-2H3,(H,17,18). The van der Waals surface area contributed by atoms with Gasteiger partial charge < -0.3 is 5.11 Å². The number of anilines is 1. The summed E-state index contributed by atoms with van der Waals surface area (Å²) in [5.74, 6) is -2.23. The second-order valence-electron chi connectivity index (χ2n) is 3.89. The third-order valence-corrected chi connectivity index (χ3v) is 2.88. The van der Waals surface area contributed by atoms with Crippen LogP contribution < -0.4 is 4.90 Å². The summed E-state index contributed by atoms with van der Waals surface area (Å²) in [7, 11) is 0. The van der Waals surface area contributed by atoms with Gasteiger partial charge >= 0.3 is 5.97 Å². The van der Waals surface area contributed by atoms with E-state index in [0.717, 1.165) is 4.90 Å². The van der Waals surface area contributed by atoms with Crippen LogP contribution in [0.25, 0.3) is 0 Å². The molecule has 18 heavy (non-hydrogen) atoms. The molecule has 0 aromatic carbocycles. The van der Waals surface area contributed by atoms with Crippen LogP contribution in [0.3, 0.4) is 0 Å². The monoisotopic (exact) mass is 246 g/mol. The highest BCUT2D eigenvalue weighted by atomic mass is 16.4. The molecule has 1 aromatic rings. The maximum atomic E-state index is 11.9. The molecule has 0 radical (unpaired) electrons. The number of hydrogen-bond acceptors (Lipinski definition) is 4. The van der Waals surface area contributed by atoms with E-state index >= 15 is 0 Å². The van der Waals surface area contributed by atoms with Crippen molar-refractivity contribution in [1.29, 1.82) is 0 Å². The van der Waals surface area contributed by atoms with Gasteiger partial charge in [-0.2, -0.15) is 0 Å². The third kappa shape index (κ3) is 1.58. The van der Waals surface area contributed by atoms with Crippen molar-refractivity contribution in [2.24, 2.45) is 0 Å². The lowest BCUT2D eigenvalue weighted by Crippen LogP contribution is -2.32. The molecule has 6 nitrogen and oxygen atoms in total. The second-order valence-corrected chi connectivity index (χ2v) is 3.89. The summed E-state index contributed by atoms with van der Waals surface area (Å²) < 4.78 is 0. The zero-order valence-corrected chi connectivity index (χ0v) is 9.80. The van der Waals surface area contributed by atoms with E-state index in [1.54, 1.807) is 0 Å². The minimum atomic E-state index is -1.21. The molecule has 0 spiro atoms. The summed E-state index contributed by atoms with van der Waals surface area (Å²) in [6.07, 6.45) is 2.50. The minimum Gasteiger partial charge on any atom is -0.478 e. The van der Waals surface area contributed by atoms with E-state index in [1.807, 2.05) is 0 Å². The van der Waals surface area contributed by atoms with Crippen molar-refractivity contribution in [2.45, 2.75) is 13.8 Å². The fourth-order valence-corrected chi connectivity index (χ4v) is 1.71. The molecule has 0 bridgehead atoms. The molecular formula is C12H10N2O4. The lowest BCUT2D eigenvalue weighted by Gasteiger charge is -2.16. The molecule has 0 atom stereocenters. The third-order valence-electron chi connectivity index (χ3n) is 2.88. The Labute approximate surface area is 103 Å². The first kappa shape index (κ1) is 12.0. The first-order valence-electron chi connectivity index (χ1n) is 5.18. The van der Waals surface area contributed by atoms with Crippen molar-refractivity contribution < 1.29 is 19.5 Å². The van der Waals surface area contributed by atoms with Gasteiger partial charge in [0.1, 0.15) is 0 Å². The second kappa shape index (κ2) is 4.06. The molecule has 1 aromatic heterocycles. The lowest BCUT2D eigenvalue weighted by atomic mass is 10.2. The van der Waals surface area contributed by atoms with Crippen molar-refractivity contribution in [1.82, 2.24) is 4.98 Å². The predicted octanol–water partition coefficient (Wildman–Crippen LogP) is 0.989. The van der Waals surface area contributed by atoms with E-state index in [-0.39, 0.29) is 11.3 Å². The van der Waals surface area contributed by atoms with E-state index in [1.165, 1.54) is 32.3 Å². The Bertz CT molecular complexity index is 580. The van der Waals surface area contributed by atoms with Crippen molar-refractivity contribution in [3.05, 3.63) is 35.2 Å². The number of carboxylic acids is 1. The van der Waals surface area contributed by atoms with Gasteiger partial charge in [0.2, 0.25) is 0 Å². The van der Waals surface area contributed by atoms with Crippen LogP contribution in [0.4, 0.5) is 5.69 Å². The van der Waals surface area contributed by atoms with Gasteiger partial charge in [0, 0.05) is 17.3 Å². The highest BCUT2D eigenvalue weighted by Gasteiger charge is 2.36. The molecule has 2 rings (SSSR count). The number of carbonyl (C=O) groups is 3. The minimum absolute atomic E-state index is 0.00352. The van der Waals surface area contributed by atoms with E-state index in [9.17, 15) is 14.4 Å². The molecule has 0 unspecified atom stereocenters. The van der Waals surface area contributed by atoms with Crippen LogP contribution in [-0.2, 0) is 9.59 Å². The Balaban J connectivity index is 2.56.